The molecule has 0 amide bonds. The van der Waals surface area contributed by atoms with Gasteiger partial charge in [0, 0.05) is 7.05 Å². The second kappa shape index (κ2) is 7.65. The van der Waals surface area contributed by atoms with E-state index in [1.54, 1.807) is 13.8 Å². The third kappa shape index (κ3) is 5.63. The van der Waals surface area contributed by atoms with Gasteiger partial charge in [0.25, 0.3) is 11.8 Å². The first-order valence-electron chi connectivity index (χ1n) is 5.43. The van der Waals surface area contributed by atoms with Gasteiger partial charge >= 0.3 is 7.75 Å². The Hall–Kier alpha value is 2.25. The summed E-state index contributed by atoms with van der Waals surface area (Å²) in [6.45, 7) is 0.219. The van der Waals surface area contributed by atoms with Gasteiger partial charge < -0.3 is 0 Å². The molecule has 0 bridgehead atoms. The van der Waals surface area contributed by atoms with Crippen LogP contribution in [0, 0.1) is 0 Å². The molecule has 21 heavy (non-hydrogen) atoms. The van der Waals surface area contributed by atoms with Gasteiger partial charge in [-0.05, 0) is 70.1 Å². The smallest absolute Gasteiger partial charge is 0.297 e. The van der Waals surface area contributed by atoms with Crippen LogP contribution in [0.2, 0.25) is 0 Å². The molecule has 0 fully saturated rings. The minimum atomic E-state index is -3.73. The Balaban J connectivity index is 3.44. The van der Waals surface area contributed by atoms with E-state index in [0.29, 0.717) is 0 Å². The van der Waals surface area contributed by atoms with E-state index < -0.39 is 26.3 Å². The first-order chi connectivity index (χ1) is 9.40. The minimum absolute atomic E-state index is 0.132. The van der Waals surface area contributed by atoms with Crippen molar-refractivity contribution in [1.29, 1.82) is 0 Å². The van der Waals surface area contributed by atoms with Gasteiger partial charge in [-0.15, -0.1) is 4.44 Å². The first kappa shape index (κ1) is 21.3. The third-order valence-electron chi connectivity index (χ3n) is 1.97. The van der Waals surface area contributed by atoms with E-state index in [9.17, 15) is 4.57 Å². The Kier molecular flexibility index (Phi) is 7.75. The van der Waals surface area contributed by atoms with Crippen molar-refractivity contribution in [1.82, 2.24) is 4.44 Å². The maximum Gasteiger partial charge on any atom is 0.414 e. The van der Waals surface area contributed by atoms with Crippen LogP contribution in [0.15, 0.2) is 13.5 Å². The molecule has 126 valence electrons. The summed E-state index contributed by atoms with van der Waals surface area (Å²) in [7, 11) is -2.35. The summed E-state index contributed by atoms with van der Waals surface area (Å²) in [4.78, 5) is 0. The summed E-state index contributed by atoms with van der Waals surface area (Å²) in [5.74, 6) is -6.42. The van der Waals surface area contributed by atoms with E-state index in [-0.39, 0.29) is 13.2 Å². The number of nitrogens with zero attached hydrogens (tertiary/aromatic N) is 4. The Labute approximate surface area is 147 Å². The second-order valence-corrected chi connectivity index (χ2v) is 19.5. The summed E-state index contributed by atoms with van der Waals surface area (Å²) in [5.41, 5.74) is 0. The molecule has 1 atom stereocenters. The normalized spacial score (nSPS) is 27.7. The van der Waals surface area contributed by atoms with Crippen LogP contribution in [-0.4, -0.2) is 24.7 Å². The average Bonchev–Trinajstić information content (AvgIpc) is 2.23. The van der Waals surface area contributed by atoms with E-state index in [0.717, 1.165) is 4.44 Å². The van der Waals surface area contributed by atoms with E-state index in [1.807, 2.05) is 0 Å². The molecule has 1 aliphatic heterocycles. The highest BCUT2D eigenvalue weighted by atomic mass is 35.9. The molecule has 0 N–H and O–H groups in total. The van der Waals surface area contributed by atoms with Crippen LogP contribution in [-0.2, 0) is 13.6 Å². The van der Waals surface area contributed by atoms with Crippen molar-refractivity contribution >= 4 is 82.5 Å². The van der Waals surface area contributed by atoms with Crippen LogP contribution < -0.4 is 0 Å². The molecule has 0 spiro atoms. The zero-order valence-corrected chi connectivity index (χ0v) is 18.5. The summed E-state index contributed by atoms with van der Waals surface area (Å²) < 4.78 is 36.0. The molecule has 0 aromatic rings. The number of rotatable bonds is 6. The molecule has 0 aliphatic carbocycles. The lowest BCUT2D eigenvalue weighted by Gasteiger charge is -2.32. The van der Waals surface area contributed by atoms with Gasteiger partial charge in [-0.1, -0.05) is 0 Å². The summed E-state index contributed by atoms with van der Waals surface area (Å²) >= 11 is 30.3. The molecule has 1 aliphatic rings. The Morgan fingerprint density at radius 1 is 0.952 bits per heavy atom. The van der Waals surface area contributed by atoms with Crippen molar-refractivity contribution in [3.63, 3.8) is 0 Å². The predicted molar refractivity (Wildman–Crippen MR) is 95.9 cm³/mol. The van der Waals surface area contributed by atoms with Crippen LogP contribution in [0.4, 0.5) is 0 Å². The van der Waals surface area contributed by atoms with E-state index in [4.69, 9.17) is 65.3 Å². The average molecular weight is 478 g/mol. The molecular weight excluding hydrogens is 465 g/mol. The summed E-state index contributed by atoms with van der Waals surface area (Å²) in [6, 6.07) is 0. The predicted octanol–water partition coefficient (Wildman–Crippen LogP) is 8.15. The fourth-order valence-corrected chi connectivity index (χ4v) is 21.8. The fourth-order valence-electron chi connectivity index (χ4n) is 1.24. The molecule has 0 saturated carbocycles. The molecule has 0 aromatic carbocycles. The lowest BCUT2D eigenvalue weighted by Crippen LogP contribution is -2.13. The molecule has 1 rings (SSSR count). The molecule has 7 nitrogen and oxygen atoms in total. The highest BCUT2D eigenvalue weighted by molar-refractivity contribution is 8.22. The fraction of sp³-hybridized carbons (Fsp3) is 1.00. The molecule has 0 aromatic heterocycles. The highest BCUT2D eigenvalue weighted by Crippen LogP contribution is 2.89. The van der Waals surface area contributed by atoms with Gasteiger partial charge in [-0.25, -0.2) is 4.57 Å². The summed E-state index contributed by atoms with van der Waals surface area (Å²) in [5, 5.41) is 0. The zero-order chi connectivity index (χ0) is 16.5. The molecule has 1 heterocycles. The van der Waals surface area contributed by atoms with Crippen molar-refractivity contribution in [3.05, 3.63) is 0 Å². The van der Waals surface area contributed by atoms with E-state index in [2.05, 4.69) is 13.5 Å². The lowest BCUT2D eigenvalue weighted by atomic mass is 10.9. The zero-order valence-electron chi connectivity index (χ0n) is 11.1. The van der Waals surface area contributed by atoms with Gasteiger partial charge in [0.05, 0.1) is 13.2 Å². The van der Waals surface area contributed by atoms with Gasteiger partial charge in [0.2, 0.25) is 6.71 Å². The van der Waals surface area contributed by atoms with Crippen molar-refractivity contribution in [3.8, 4) is 0 Å². The molecule has 0 saturated heterocycles. The second-order valence-electron chi connectivity index (χ2n) is 3.47. The number of hydrogen-bond donors (Lipinski definition) is 0. The standard InChI is InChI=1S/C5H13Cl5N4O3P4/c1-4-16-21(15,17-5-2)14(3)20(10)12-18(6,7)11-19(8,9)13-20/h4-5H2,1-3H3. The van der Waals surface area contributed by atoms with Crippen LogP contribution in [0.3, 0.4) is 0 Å². The van der Waals surface area contributed by atoms with E-state index in [1.165, 1.54) is 7.05 Å². The quantitative estimate of drug-likeness (QED) is 0.361. The Bertz CT molecular complexity index is 596. The minimum Gasteiger partial charge on any atom is -0.297 e. The SMILES string of the molecule is CCOP(=O)(OCC)N(C)P1(Cl)=NP(Cl)(Cl)=NP(Cl)(Cl)=N1. The largest absolute Gasteiger partial charge is 0.414 e. The van der Waals surface area contributed by atoms with Crippen molar-refractivity contribution in [2.45, 2.75) is 13.8 Å². The van der Waals surface area contributed by atoms with Crippen molar-refractivity contribution in [2.75, 3.05) is 20.3 Å². The summed E-state index contributed by atoms with van der Waals surface area (Å²) in [6.07, 6.45) is 0. The van der Waals surface area contributed by atoms with Crippen molar-refractivity contribution < 1.29 is 13.6 Å². The van der Waals surface area contributed by atoms with Crippen LogP contribution >= 0.6 is 82.5 Å². The topological polar surface area (TPSA) is 75.8 Å². The molecule has 1 unspecified atom stereocenters. The third-order valence-corrected chi connectivity index (χ3v) is 18.3. The maximum atomic E-state index is 12.8. The van der Waals surface area contributed by atoms with Crippen LogP contribution in [0.5, 0.6) is 0 Å². The Morgan fingerprint density at radius 3 is 1.76 bits per heavy atom. The van der Waals surface area contributed by atoms with E-state index >= 15 is 0 Å². The van der Waals surface area contributed by atoms with Crippen LogP contribution in [0.25, 0.3) is 0 Å². The first-order valence-corrected chi connectivity index (χ1v) is 16.5. The van der Waals surface area contributed by atoms with Gasteiger partial charge in [-0.2, -0.15) is 13.5 Å². The lowest BCUT2D eigenvalue weighted by molar-refractivity contribution is 0.197. The number of halogens is 5. The molecular formula is C5H13Cl5N4O3P4. The monoisotopic (exact) mass is 476 g/mol. The van der Waals surface area contributed by atoms with Crippen LogP contribution in [0.1, 0.15) is 13.8 Å². The Morgan fingerprint density at radius 2 is 1.38 bits per heavy atom. The van der Waals surface area contributed by atoms with Crippen molar-refractivity contribution in [2.24, 2.45) is 13.5 Å². The molecule has 0 radical (unpaired) electrons. The maximum absolute atomic E-state index is 12.8. The van der Waals surface area contributed by atoms with Gasteiger partial charge in [0.15, 0.2) is 0 Å². The van der Waals surface area contributed by atoms with Gasteiger partial charge in [0.1, 0.15) is 0 Å². The van der Waals surface area contributed by atoms with Gasteiger partial charge in [-0.3, -0.25) is 9.05 Å². The molecule has 16 heteroatoms. The number of hydrogen-bond acceptors (Lipinski definition) is 6. The highest BCUT2D eigenvalue weighted by Gasteiger charge is 2.44.